The number of ketones is 1. The second kappa shape index (κ2) is 6.02. The number of rotatable bonds is 1. The molecule has 3 nitrogen and oxygen atoms in total. The van der Waals surface area contributed by atoms with E-state index in [1.54, 1.807) is 12.1 Å². The lowest BCUT2D eigenvalue weighted by molar-refractivity contribution is -0.116. The molecule has 1 N–H and O–H groups in total. The quantitative estimate of drug-likeness (QED) is 0.646. The van der Waals surface area contributed by atoms with E-state index in [1.165, 1.54) is 12.1 Å². The number of nitrogens with zero attached hydrogens (tertiary/aromatic N) is 1. The fourth-order valence-electron chi connectivity index (χ4n) is 4.37. The third kappa shape index (κ3) is 2.55. The van der Waals surface area contributed by atoms with Gasteiger partial charge in [0.1, 0.15) is 5.82 Å². The van der Waals surface area contributed by atoms with Crippen LogP contribution in [-0.2, 0) is 4.79 Å². The number of aryl methyl sites for hydroxylation is 1. The van der Waals surface area contributed by atoms with E-state index in [1.807, 2.05) is 25.1 Å². The molecule has 0 radical (unpaired) electrons. The van der Waals surface area contributed by atoms with Gasteiger partial charge in [0.05, 0.1) is 5.52 Å². The van der Waals surface area contributed by atoms with Crippen molar-refractivity contribution in [3.63, 3.8) is 0 Å². The zero-order chi connectivity index (χ0) is 18.5. The predicted molar refractivity (Wildman–Crippen MR) is 104 cm³/mol. The first-order valence-corrected chi connectivity index (χ1v) is 9.31. The van der Waals surface area contributed by atoms with Gasteiger partial charge in [0.2, 0.25) is 0 Å². The van der Waals surface area contributed by atoms with E-state index in [-0.39, 0.29) is 17.5 Å². The molecule has 3 aromatic rings. The standard InChI is InChI=1S/C23H19FN2O/c1-13-5-10-16-17(25-13)11-12-19-22(16)21(14-6-8-15(24)9-7-14)23-18(26-19)3-2-4-20(23)27/h5-12,21,26H,2-4H2,1H3/t21-/m0/s1. The fourth-order valence-corrected chi connectivity index (χ4v) is 4.37. The Kier molecular flexibility index (Phi) is 3.61. The average molecular weight is 358 g/mol. The highest BCUT2D eigenvalue weighted by molar-refractivity contribution is 6.03. The maximum atomic E-state index is 13.6. The molecule has 0 spiro atoms. The van der Waals surface area contributed by atoms with E-state index in [4.69, 9.17) is 0 Å². The van der Waals surface area contributed by atoms with Crippen LogP contribution in [-0.4, -0.2) is 10.8 Å². The third-order valence-electron chi connectivity index (χ3n) is 5.57. The summed E-state index contributed by atoms with van der Waals surface area (Å²) in [6.45, 7) is 1.97. The van der Waals surface area contributed by atoms with Crippen molar-refractivity contribution >= 4 is 22.4 Å². The van der Waals surface area contributed by atoms with Gasteiger partial charge in [0, 0.05) is 40.4 Å². The molecule has 2 aliphatic rings. The van der Waals surface area contributed by atoms with Gasteiger partial charge in [-0.25, -0.2) is 4.39 Å². The first-order valence-electron chi connectivity index (χ1n) is 9.31. The molecule has 1 aromatic heterocycles. The number of pyridine rings is 1. The molecular weight excluding hydrogens is 339 g/mol. The van der Waals surface area contributed by atoms with Crippen LogP contribution in [0.4, 0.5) is 10.1 Å². The van der Waals surface area contributed by atoms with E-state index in [2.05, 4.69) is 16.4 Å². The molecular formula is C23H19FN2O. The highest BCUT2D eigenvalue weighted by atomic mass is 19.1. The summed E-state index contributed by atoms with van der Waals surface area (Å²) in [6.07, 6.45) is 2.29. The number of hydrogen-bond acceptors (Lipinski definition) is 3. The number of fused-ring (bicyclic) bond motifs is 3. The Balaban J connectivity index is 1.82. The van der Waals surface area contributed by atoms with Gasteiger partial charge in [-0.3, -0.25) is 9.78 Å². The van der Waals surface area contributed by atoms with Crippen molar-refractivity contribution in [3.05, 3.63) is 82.4 Å². The molecule has 1 atom stereocenters. The number of carbonyl (C=O) groups is 1. The monoisotopic (exact) mass is 358 g/mol. The number of anilines is 1. The lowest BCUT2D eigenvalue weighted by Gasteiger charge is -2.34. The number of carbonyl (C=O) groups excluding carboxylic acids is 1. The second-order valence-corrected chi connectivity index (χ2v) is 7.32. The molecule has 4 heteroatoms. The molecule has 0 unspecified atom stereocenters. The van der Waals surface area contributed by atoms with Crippen LogP contribution >= 0.6 is 0 Å². The molecule has 2 aromatic carbocycles. The fraction of sp³-hybridized carbons (Fsp3) is 0.217. The van der Waals surface area contributed by atoms with E-state index >= 15 is 0 Å². The zero-order valence-corrected chi connectivity index (χ0v) is 15.1. The molecule has 5 rings (SSSR count). The minimum atomic E-state index is -0.271. The Labute approximate surface area is 156 Å². The molecule has 1 aliphatic heterocycles. The van der Waals surface area contributed by atoms with Crippen LogP contribution in [0.5, 0.6) is 0 Å². The maximum Gasteiger partial charge on any atom is 0.161 e. The summed E-state index contributed by atoms with van der Waals surface area (Å²) >= 11 is 0. The minimum Gasteiger partial charge on any atom is -0.358 e. The van der Waals surface area contributed by atoms with Crippen molar-refractivity contribution < 1.29 is 9.18 Å². The normalized spacial score (nSPS) is 18.9. The van der Waals surface area contributed by atoms with Crippen molar-refractivity contribution in [1.29, 1.82) is 0 Å². The van der Waals surface area contributed by atoms with Crippen molar-refractivity contribution in [2.24, 2.45) is 0 Å². The van der Waals surface area contributed by atoms with Gasteiger partial charge in [-0.2, -0.15) is 0 Å². The Morgan fingerprint density at radius 3 is 2.67 bits per heavy atom. The van der Waals surface area contributed by atoms with E-state index in [9.17, 15) is 9.18 Å². The Hall–Kier alpha value is -3.01. The highest BCUT2D eigenvalue weighted by Crippen LogP contribution is 2.47. The Bertz CT molecular complexity index is 1120. The highest BCUT2D eigenvalue weighted by Gasteiger charge is 2.36. The number of nitrogens with one attached hydrogen (secondary N) is 1. The summed E-state index contributed by atoms with van der Waals surface area (Å²) in [4.78, 5) is 17.6. The summed E-state index contributed by atoms with van der Waals surface area (Å²) in [6, 6.07) is 14.7. The molecule has 0 fully saturated rings. The van der Waals surface area contributed by atoms with Crippen LogP contribution in [0.1, 0.15) is 42.0 Å². The summed E-state index contributed by atoms with van der Waals surface area (Å²) < 4.78 is 13.6. The molecule has 134 valence electrons. The number of benzene rings is 2. The third-order valence-corrected chi connectivity index (χ3v) is 5.57. The maximum absolute atomic E-state index is 13.6. The van der Waals surface area contributed by atoms with Crippen LogP contribution < -0.4 is 5.32 Å². The van der Waals surface area contributed by atoms with Crippen LogP contribution in [0.15, 0.2) is 59.8 Å². The van der Waals surface area contributed by atoms with E-state index in [0.29, 0.717) is 6.42 Å². The van der Waals surface area contributed by atoms with Gasteiger partial charge in [-0.1, -0.05) is 18.2 Å². The SMILES string of the molecule is Cc1ccc2c3c(ccc2n1)NC1=C(C(=O)CCC1)[C@H]3c1ccc(F)cc1. The lowest BCUT2D eigenvalue weighted by Crippen LogP contribution is -2.27. The van der Waals surface area contributed by atoms with Gasteiger partial charge in [0.25, 0.3) is 0 Å². The van der Waals surface area contributed by atoms with Gasteiger partial charge < -0.3 is 5.32 Å². The van der Waals surface area contributed by atoms with Crippen molar-refractivity contribution in [2.45, 2.75) is 32.1 Å². The molecule has 1 aliphatic carbocycles. The summed E-state index contributed by atoms with van der Waals surface area (Å²) in [5.74, 6) is -0.286. The first kappa shape index (κ1) is 16.2. The number of Topliss-reactive ketones (excluding diaryl/α,β-unsaturated/α-hetero) is 1. The minimum absolute atomic E-state index is 0.181. The number of hydrogen-bond donors (Lipinski definition) is 1. The lowest BCUT2D eigenvalue weighted by atomic mass is 9.74. The molecule has 0 amide bonds. The average Bonchev–Trinajstić information content (AvgIpc) is 2.67. The Morgan fingerprint density at radius 2 is 1.85 bits per heavy atom. The number of allylic oxidation sites excluding steroid dienone is 2. The summed E-state index contributed by atoms with van der Waals surface area (Å²) in [7, 11) is 0. The molecule has 0 saturated carbocycles. The van der Waals surface area contributed by atoms with Crippen LogP contribution in [0.2, 0.25) is 0 Å². The van der Waals surface area contributed by atoms with Gasteiger partial charge in [0.15, 0.2) is 5.78 Å². The number of halogens is 1. The van der Waals surface area contributed by atoms with E-state index < -0.39 is 0 Å². The van der Waals surface area contributed by atoms with Crippen LogP contribution in [0.3, 0.4) is 0 Å². The summed E-state index contributed by atoms with van der Waals surface area (Å²) in [5.41, 5.74) is 6.71. The van der Waals surface area contributed by atoms with Crippen LogP contribution in [0.25, 0.3) is 10.9 Å². The van der Waals surface area contributed by atoms with Gasteiger partial charge in [-0.15, -0.1) is 0 Å². The largest absolute Gasteiger partial charge is 0.358 e. The number of aromatic nitrogens is 1. The molecule has 27 heavy (non-hydrogen) atoms. The van der Waals surface area contributed by atoms with Crippen molar-refractivity contribution in [2.75, 3.05) is 5.32 Å². The van der Waals surface area contributed by atoms with Gasteiger partial charge >= 0.3 is 0 Å². The van der Waals surface area contributed by atoms with Crippen LogP contribution in [0, 0.1) is 12.7 Å². The zero-order valence-electron chi connectivity index (χ0n) is 15.1. The predicted octanol–water partition coefficient (Wildman–Crippen LogP) is 5.25. The Morgan fingerprint density at radius 1 is 1.04 bits per heavy atom. The summed E-state index contributed by atoms with van der Waals surface area (Å²) in [5, 5.41) is 4.54. The van der Waals surface area contributed by atoms with Crippen molar-refractivity contribution in [1.82, 2.24) is 4.98 Å². The van der Waals surface area contributed by atoms with Crippen molar-refractivity contribution in [3.8, 4) is 0 Å². The molecule has 0 bridgehead atoms. The van der Waals surface area contributed by atoms with E-state index in [0.717, 1.165) is 57.5 Å². The van der Waals surface area contributed by atoms with Gasteiger partial charge in [-0.05, 0) is 61.2 Å². The second-order valence-electron chi connectivity index (χ2n) is 7.32. The first-order chi connectivity index (χ1) is 13.1. The smallest absolute Gasteiger partial charge is 0.161 e. The molecule has 2 heterocycles. The topological polar surface area (TPSA) is 42.0 Å². The molecule has 0 saturated heterocycles.